The minimum Gasteiger partial charge on any atom is -0.365 e. The van der Waals surface area contributed by atoms with E-state index >= 15 is 0 Å². The Morgan fingerprint density at radius 1 is 1.20 bits per heavy atom. The molecule has 0 bridgehead atoms. The van der Waals surface area contributed by atoms with Gasteiger partial charge in [-0.25, -0.2) is 15.0 Å². The number of alkyl halides is 3. The molecule has 0 radical (unpaired) electrons. The summed E-state index contributed by atoms with van der Waals surface area (Å²) < 4.78 is 41.1. The van der Waals surface area contributed by atoms with E-state index in [0.29, 0.717) is 10.5 Å². The fraction of sp³-hybridized carbons (Fsp3) is 0.312. The van der Waals surface area contributed by atoms with Gasteiger partial charge in [-0.05, 0) is 24.5 Å². The van der Waals surface area contributed by atoms with E-state index in [4.69, 9.17) is 11.6 Å². The maximum atomic E-state index is 13.2. The number of nitrogens with one attached hydrogen (secondary N) is 1. The number of halogens is 4. The second kappa shape index (κ2) is 5.87. The van der Waals surface area contributed by atoms with E-state index in [1.807, 2.05) is 12.1 Å². The van der Waals surface area contributed by atoms with Crippen molar-refractivity contribution >= 4 is 28.6 Å². The molecule has 0 amide bonds. The Kier molecular flexibility index (Phi) is 3.79. The summed E-state index contributed by atoms with van der Waals surface area (Å²) in [6.45, 7) is 0.271. The Hall–Kier alpha value is -2.35. The molecule has 4 rings (SSSR count). The number of benzene rings is 1. The smallest absolute Gasteiger partial charge is 0.365 e. The molecule has 2 aromatic heterocycles. The first-order chi connectivity index (χ1) is 11.9. The first-order valence-corrected chi connectivity index (χ1v) is 8.09. The maximum Gasteiger partial charge on any atom is 0.451 e. The number of imidazole rings is 1. The van der Waals surface area contributed by atoms with Gasteiger partial charge in [-0.2, -0.15) is 13.2 Å². The number of aromatic nitrogens is 4. The van der Waals surface area contributed by atoms with Crippen molar-refractivity contribution in [1.82, 2.24) is 19.5 Å². The summed E-state index contributed by atoms with van der Waals surface area (Å²) in [5.74, 6) is -1.05. The molecule has 0 aliphatic heterocycles. The third kappa shape index (κ3) is 3.26. The van der Waals surface area contributed by atoms with Gasteiger partial charge in [-0.1, -0.05) is 29.8 Å². The van der Waals surface area contributed by atoms with E-state index in [0.717, 1.165) is 18.4 Å². The second-order valence-electron chi connectivity index (χ2n) is 5.95. The molecule has 0 spiro atoms. The molecular weight excluding hydrogens is 355 g/mol. The molecule has 0 atom stereocenters. The zero-order valence-electron chi connectivity index (χ0n) is 12.9. The first kappa shape index (κ1) is 16.1. The number of hydrogen-bond acceptors (Lipinski definition) is 4. The lowest BCUT2D eigenvalue weighted by atomic mass is 10.2. The molecular formula is C16H13ClF3N5. The van der Waals surface area contributed by atoms with Crippen molar-refractivity contribution in [3.63, 3.8) is 0 Å². The normalized spacial score (nSPS) is 14.9. The molecule has 130 valence electrons. The van der Waals surface area contributed by atoms with Gasteiger partial charge in [0.1, 0.15) is 5.52 Å². The zero-order valence-corrected chi connectivity index (χ0v) is 13.6. The summed E-state index contributed by atoms with van der Waals surface area (Å²) in [5, 5.41) is 3.54. The highest BCUT2D eigenvalue weighted by molar-refractivity contribution is 6.31. The van der Waals surface area contributed by atoms with Crippen molar-refractivity contribution in [2.45, 2.75) is 31.6 Å². The maximum absolute atomic E-state index is 13.2. The van der Waals surface area contributed by atoms with E-state index in [1.54, 1.807) is 16.7 Å². The molecule has 1 saturated carbocycles. The van der Waals surface area contributed by atoms with Crippen molar-refractivity contribution in [3.8, 4) is 0 Å². The molecule has 1 aromatic carbocycles. The van der Waals surface area contributed by atoms with Gasteiger partial charge in [0.25, 0.3) is 0 Å². The van der Waals surface area contributed by atoms with Crippen LogP contribution < -0.4 is 5.32 Å². The molecule has 1 aliphatic carbocycles. The number of fused-ring (bicyclic) bond motifs is 1. The van der Waals surface area contributed by atoms with Crippen molar-refractivity contribution in [2.24, 2.45) is 0 Å². The minimum absolute atomic E-state index is 0.123. The zero-order chi connectivity index (χ0) is 17.6. The molecule has 3 aromatic rings. The fourth-order valence-corrected chi connectivity index (χ4v) is 2.71. The third-order valence-corrected chi connectivity index (χ3v) is 4.30. The Morgan fingerprint density at radius 2 is 1.96 bits per heavy atom. The summed E-state index contributed by atoms with van der Waals surface area (Å²) in [7, 11) is 0. The molecule has 1 aliphatic rings. The summed E-state index contributed by atoms with van der Waals surface area (Å²) in [5.41, 5.74) is 1.23. The highest BCUT2D eigenvalue weighted by Crippen LogP contribution is 2.32. The Morgan fingerprint density at radius 3 is 2.64 bits per heavy atom. The number of rotatable bonds is 4. The fourth-order valence-electron chi connectivity index (χ4n) is 2.52. The lowest BCUT2D eigenvalue weighted by molar-refractivity contribution is -0.144. The van der Waals surface area contributed by atoms with E-state index < -0.39 is 12.0 Å². The van der Waals surface area contributed by atoms with Gasteiger partial charge in [-0.15, -0.1) is 0 Å². The largest absolute Gasteiger partial charge is 0.451 e. The monoisotopic (exact) mass is 367 g/mol. The molecule has 2 heterocycles. The van der Waals surface area contributed by atoms with Gasteiger partial charge in [0.05, 0.1) is 12.9 Å². The highest BCUT2D eigenvalue weighted by atomic mass is 35.5. The van der Waals surface area contributed by atoms with Crippen molar-refractivity contribution < 1.29 is 13.2 Å². The molecule has 1 N–H and O–H groups in total. The summed E-state index contributed by atoms with van der Waals surface area (Å²) in [6, 6.07) is 7.29. The predicted molar refractivity (Wildman–Crippen MR) is 87.5 cm³/mol. The molecule has 0 saturated heterocycles. The van der Waals surface area contributed by atoms with E-state index in [-0.39, 0.29) is 24.1 Å². The quantitative estimate of drug-likeness (QED) is 0.753. The van der Waals surface area contributed by atoms with Crippen molar-refractivity contribution in [2.75, 3.05) is 5.32 Å². The lowest BCUT2D eigenvalue weighted by Gasteiger charge is -2.11. The Balaban J connectivity index is 1.81. The van der Waals surface area contributed by atoms with Gasteiger partial charge in [0.2, 0.25) is 5.82 Å². The van der Waals surface area contributed by atoms with E-state index in [1.165, 1.54) is 6.33 Å². The molecule has 0 unspecified atom stereocenters. The van der Waals surface area contributed by atoms with Crippen LogP contribution in [0, 0.1) is 0 Å². The van der Waals surface area contributed by atoms with Crippen molar-refractivity contribution in [1.29, 1.82) is 0 Å². The van der Waals surface area contributed by atoms with Gasteiger partial charge in [0.15, 0.2) is 11.5 Å². The second-order valence-corrected chi connectivity index (χ2v) is 6.36. The van der Waals surface area contributed by atoms with E-state index in [9.17, 15) is 13.2 Å². The standard InChI is InChI=1S/C16H13ClF3N5/c17-11-4-2-1-3-9(11)7-25-8-21-12-13(22-10-5-6-10)23-15(16(18,19)20)24-14(12)25/h1-4,8,10H,5-7H2,(H,22,23,24). The molecule has 9 heteroatoms. The average molecular weight is 368 g/mol. The summed E-state index contributed by atoms with van der Waals surface area (Å²) >= 11 is 6.15. The van der Waals surface area contributed by atoms with Crippen LogP contribution in [-0.2, 0) is 12.7 Å². The average Bonchev–Trinajstić information content (AvgIpc) is 3.28. The van der Waals surface area contributed by atoms with Crippen LogP contribution >= 0.6 is 11.6 Å². The van der Waals surface area contributed by atoms with Gasteiger partial charge in [0, 0.05) is 11.1 Å². The predicted octanol–water partition coefficient (Wildman–Crippen LogP) is 4.12. The Labute approximate surface area is 145 Å². The number of hydrogen-bond donors (Lipinski definition) is 1. The number of nitrogens with zero attached hydrogens (tertiary/aromatic N) is 4. The van der Waals surface area contributed by atoms with Crippen LogP contribution in [0.3, 0.4) is 0 Å². The van der Waals surface area contributed by atoms with Gasteiger partial charge in [-0.3, -0.25) is 0 Å². The van der Waals surface area contributed by atoms with Crippen LogP contribution in [-0.4, -0.2) is 25.6 Å². The van der Waals surface area contributed by atoms with Crippen molar-refractivity contribution in [3.05, 3.63) is 47.0 Å². The van der Waals surface area contributed by atoms with Crippen LogP contribution in [0.15, 0.2) is 30.6 Å². The van der Waals surface area contributed by atoms with Crippen LogP contribution in [0.25, 0.3) is 11.2 Å². The number of anilines is 1. The van der Waals surface area contributed by atoms with Gasteiger partial charge >= 0.3 is 6.18 Å². The Bertz CT molecular complexity index is 933. The van der Waals surface area contributed by atoms with Crippen LogP contribution in [0.4, 0.5) is 19.0 Å². The lowest BCUT2D eigenvalue weighted by Crippen LogP contribution is -2.15. The van der Waals surface area contributed by atoms with E-state index in [2.05, 4.69) is 20.3 Å². The minimum atomic E-state index is -4.63. The van der Waals surface area contributed by atoms with Gasteiger partial charge < -0.3 is 9.88 Å². The molecule has 1 fully saturated rings. The van der Waals surface area contributed by atoms with Crippen LogP contribution in [0.5, 0.6) is 0 Å². The SMILES string of the molecule is FC(F)(F)c1nc(NC2CC2)c2ncn(Cc3ccccc3Cl)c2n1. The molecule has 25 heavy (non-hydrogen) atoms. The molecule has 5 nitrogen and oxygen atoms in total. The first-order valence-electron chi connectivity index (χ1n) is 7.72. The summed E-state index contributed by atoms with van der Waals surface area (Å²) in [6.07, 6.45) is -1.35. The highest BCUT2D eigenvalue weighted by Gasteiger charge is 2.37. The summed E-state index contributed by atoms with van der Waals surface area (Å²) in [4.78, 5) is 11.6. The third-order valence-electron chi connectivity index (χ3n) is 3.93. The van der Waals surface area contributed by atoms with Crippen LogP contribution in [0.1, 0.15) is 24.2 Å². The van der Waals surface area contributed by atoms with Crippen LogP contribution in [0.2, 0.25) is 5.02 Å². The topological polar surface area (TPSA) is 55.6 Å².